The molecule has 4 aromatic rings. The Morgan fingerprint density at radius 3 is 1.92 bits per heavy atom. The third-order valence-electron chi connectivity index (χ3n) is 7.62. The van der Waals surface area contributed by atoms with Gasteiger partial charge in [0.05, 0.1) is 16.6 Å². The lowest BCUT2D eigenvalue weighted by atomic mass is 9.88. The molecule has 0 saturated carbocycles. The van der Waals surface area contributed by atoms with Gasteiger partial charge in [0.1, 0.15) is 0 Å². The topological polar surface area (TPSA) is 49.4 Å². The quantitative estimate of drug-likeness (QED) is 0.255. The maximum Gasteiger partial charge on any atom is 0.251 e. The van der Waals surface area contributed by atoms with E-state index < -0.39 is 10.8 Å². The van der Waals surface area contributed by atoms with Gasteiger partial charge >= 0.3 is 0 Å². The number of hydrogen-bond donors (Lipinski definition) is 1. The van der Waals surface area contributed by atoms with Gasteiger partial charge in [0.15, 0.2) is 0 Å². The van der Waals surface area contributed by atoms with E-state index in [1.165, 1.54) is 11.1 Å². The van der Waals surface area contributed by atoms with Gasteiger partial charge in [-0.3, -0.25) is 9.00 Å². The Morgan fingerprint density at radius 2 is 1.31 bits per heavy atom. The largest absolute Gasteiger partial charge is 0.349 e. The van der Waals surface area contributed by atoms with Crippen molar-refractivity contribution in [2.75, 3.05) is 19.6 Å². The molecule has 0 aliphatic carbocycles. The fourth-order valence-corrected chi connectivity index (χ4v) is 6.60. The van der Waals surface area contributed by atoms with Gasteiger partial charge in [-0.1, -0.05) is 97.1 Å². The Morgan fingerprint density at radius 1 is 0.769 bits per heavy atom. The maximum atomic E-state index is 13.2. The summed E-state index contributed by atoms with van der Waals surface area (Å²) in [6, 6.07) is 38.7. The summed E-state index contributed by atoms with van der Waals surface area (Å²) >= 11 is 0. The summed E-state index contributed by atoms with van der Waals surface area (Å²) in [5, 5.41) is 3.26. The molecule has 0 spiro atoms. The Kier molecular flexibility index (Phi) is 9.36. The first kappa shape index (κ1) is 27.0. The summed E-state index contributed by atoms with van der Waals surface area (Å²) in [4.78, 5) is 16.5. The van der Waals surface area contributed by atoms with E-state index in [2.05, 4.69) is 70.9 Å². The minimum atomic E-state index is -1.19. The number of benzene rings is 4. The number of carbonyl (C=O) groups is 1. The fourth-order valence-electron chi connectivity index (χ4n) is 5.44. The SMILES string of the molecule is O=C(NC1CCN(CCC(c2ccccc2)c2ccccc2)CC1)c1ccccc1CS(=O)c1ccccc1. The first-order chi connectivity index (χ1) is 19.2. The second-order valence-electron chi connectivity index (χ2n) is 10.2. The first-order valence-electron chi connectivity index (χ1n) is 13.8. The normalized spacial score (nSPS) is 15.2. The highest BCUT2D eigenvalue weighted by Crippen LogP contribution is 2.28. The van der Waals surface area contributed by atoms with Gasteiger partial charge in [0, 0.05) is 35.5 Å². The van der Waals surface area contributed by atoms with Gasteiger partial charge in [0.25, 0.3) is 5.91 Å². The van der Waals surface area contributed by atoms with Gasteiger partial charge < -0.3 is 10.2 Å². The smallest absolute Gasteiger partial charge is 0.251 e. The van der Waals surface area contributed by atoms with Crippen molar-refractivity contribution in [2.24, 2.45) is 0 Å². The molecular weight excluding hydrogens is 500 g/mol. The van der Waals surface area contributed by atoms with Gasteiger partial charge in [-0.2, -0.15) is 0 Å². The van der Waals surface area contributed by atoms with Crippen LogP contribution in [0.5, 0.6) is 0 Å². The molecule has 4 nitrogen and oxygen atoms in total. The number of nitrogens with zero attached hydrogens (tertiary/aromatic N) is 1. The van der Waals surface area contributed by atoms with E-state index in [9.17, 15) is 9.00 Å². The second kappa shape index (κ2) is 13.5. The number of amides is 1. The average Bonchev–Trinajstić information content (AvgIpc) is 3.00. The molecule has 5 heteroatoms. The maximum absolute atomic E-state index is 13.2. The number of nitrogens with one attached hydrogen (secondary N) is 1. The Balaban J connectivity index is 1.15. The van der Waals surface area contributed by atoms with Crippen molar-refractivity contribution in [3.8, 4) is 0 Å². The lowest BCUT2D eigenvalue weighted by Gasteiger charge is -2.33. The number of carbonyl (C=O) groups excluding carboxylic acids is 1. The highest BCUT2D eigenvalue weighted by atomic mass is 32.2. The molecule has 0 radical (unpaired) electrons. The van der Waals surface area contributed by atoms with Crippen molar-refractivity contribution in [3.05, 3.63) is 138 Å². The highest BCUT2D eigenvalue weighted by Gasteiger charge is 2.24. The van der Waals surface area contributed by atoms with Crippen molar-refractivity contribution in [3.63, 3.8) is 0 Å². The van der Waals surface area contributed by atoms with E-state index in [0.29, 0.717) is 17.2 Å². The van der Waals surface area contributed by atoms with E-state index in [1.807, 2.05) is 54.6 Å². The number of rotatable bonds is 10. The molecule has 1 unspecified atom stereocenters. The summed E-state index contributed by atoms with van der Waals surface area (Å²) < 4.78 is 12.9. The second-order valence-corrected chi connectivity index (χ2v) is 11.7. The molecule has 1 heterocycles. The number of hydrogen-bond acceptors (Lipinski definition) is 3. The Bertz CT molecular complexity index is 1310. The van der Waals surface area contributed by atoms with Crippen LogP contribution in [0.3, 0.4) is 0 Å². The van der Waals surface area contributed by atoms with Crippen LogP contribution in [0.4, 0.5) is 0 Å². The summed E-state index contributed by atoms with van der Waals surface area (Å²) in [7, 11) is -1.19. The van der Waals surface area contributed by atoms with Crippen LogP contribution in [-0.2, 0) is 16.6 Å². The van der Waals surface area contributed by atoms with Gasteiger partial charge in [0.2, 0.25) is 0 Å². The summed E-state index contributed by atoms with van der Waals surface area (Å²) in [6.45, 7) is 2.98. The monoisotopic (exact) mass is 536 g/mol. The minimum Gasteiger partial charge on any atom is -0.349 e. The van der Waals surface area contributed by atoms with Crippen molar-refractivity contribution in [2.45, 2.75) is 41.9 Å². The molecule has 1 aliphatic heterocycles. The molecule has 1 atom stereocenters. The van der Waals surface area contributed by atoms with Crippen LogP contribution < -0.4 is 5.32 Å². The van der Waals surface area contributed by atoms with E-state index in [4.69, 9.17) is 0 Å². The van der Waals surface area contributed by atoms with Gasteiger partial charge in [-0.05, 0) is 60.7 Å². The van der Waals surface area contributed by atoms with Crippen LogP contribution in [0.1, 0.15) is 52.2 Å². The molecule has 4 aromatic carbocycles. The zero-order valence-electron chi connectivity index (χ0n) is 22.2. The molecule has 1 amide bonds. The van der Waals surface area contributed by atoms with Gasteiger partial charge in [-0.15, -0.1) is 0 Å². The summed E-state index contributed by atoms with van der Waals surface area (Å²) in [5.41, 5.74) is 4.16. The molecular formula is C34H36N2O2S. The summed E-state index contributed by atoms with van der Waals surface area (Å²) in [5.74, 6) is 0.640. The minimum absolute atomic E-state index is 0.0673. The molecule has 39 heavy (non-hydrogen) atoms. The molecule has 1 fully saturated rings. The van der Waals surface area contributed by atoms with E-state index in [1.54, 1.807) is 0 Å². The van der Waals surface area contributed by atoms with Gasteiger partial charge in [-0.25, -0.2) is 0 Å². The van der Waals surface area contributed by atoms with E-state index in [0.717, 1.165) is 49.4 Å². The van der Waals surface area contributed by atoms with Crippen molar-refractivity contribution in [1.29, 1.82) is 0 Å². The van der Waals surface area contributed by atoms with Crippen LogP contribution in [0.2, 0.25) is 0 Å². The summed E-state index contributed by atoms with van der Waals surface area (Å²) in [6.07, 6.45) is 2.94. The average molecular weight is 537 g/mol. The van der Waals surface area contributed by atoms with Crippen LogP contribution in [0.15, 0.2) is 120 Å². The van der Waals surface area contributed by atoms with E-state index in [-0.39, 0.29) is 11.9 Å². The lowest BCUT2D eigenvalue weighted by molar-refractivity contribution is 0.0910. The molecule has 1 saturated heterocycles. The highest BCUT2D eigenvalue weighted by molar-refractivity contribution is 7.84. The molecule has 1 N–H and O–H groups in total. The molecule has 200 valence electrons. The van der Waals surface area contributed by atoms with Crippen molar-refractivity contribution in [1.82, 2.24) is 10.2 Å². The first-order valence-corrected chi connectivity index (χ1v) is 15.1. The van der Waals surface area contributed by atoms with Crippen LogP contribution in [0, 0.1) is 0 Å². The molecule has 1 aliphatic rings. The van der Waals surface area contributed by atoms with Crippen molar-refractivity contribution < 1.29 is 9.00 Å². The third-order valence-corrected chi connectivity index (χ3v) is 8.99. The molecule has 0 bridgehead atoms. The lowest BCUT2D eigenvalue weighted by Crippen LogP contribution is -2.45. The van der Waals surface area contributed by atoms with Crippen molar-refractivity contribution >= 4 is 16.7 Å². The predicted octanol–water partition coefficient (Wildman–Crippen LogP) is 6.41. The van der Waals surface area contributed by atoms with Crippen LogP contribution in [-0.4, -0.2) is 40.7 Å². The van der Waals surface area contributed by atoms with E-state index >= 15 is 0 Å². The molecule has 0 aromatic heterocycles. The number of piperidine rings is 1. The third kappa shape index (κ3) is 7.31. The standard InChI is InChI=1S/C34H36N2O2S/c37-34(33-19-11-10-16-29(33)26-39(38)31-17-8-3-9-18-31)35-30-20-23-36(24-21-30)25-22-32(27-12-4-1-5-13-27)28-14-6-2-7-15-28/h1-19,30,32H,20-26H2,(H,35,37). The fraction of sp³-hybridized carbons (Fsp3) is 0.265. The zero-order valence-corrected chi connectivity index (χ0v) is 23.1. The zero-order chi connectivity index (χ0) is 26.9. The van der Waals surface area contributed by atoms with Crippen LogP contribution in [0.25, 0.3) is 0 Å². The Hall–Kier alpha value is -3.54. The predicted molar refractivity (Wildman–Crippen MR) is 159 cm³/mol. The Labute approximate surface area is 234 Å². The number of likely N-dealkylation sites (tertiary alicyclic amines) is 1. The molecule has 5 rings (SSSR count). The van der Waals surface area contributed by atoms with Crippen LogP contribution >= 0.6 is 0 Å².